The Labute approximate surface area is 121 Å². The zero-order valence-electron chi connectivity index (χ0n) is 11.1. The molecule has 0 saturated carbocycles. The monoisotopic (exact) mass is 289 g/mol. The van der Waals surface area contributed by atoms with Crippen LogP contribution in [0, 0.1) is 12.8 Å². The minimum atomic E-state index is -0.0678. The molecule has 1 aliphatic heterocycles. The Hall–Kier alpha value is -1.79. The topological polar surface area (TPSA) is 64.1 Å². The molecule has 3 rings (SSSR count). The van der Waals surface area contributed by atoms with Gasteiger partial charge in [0.25, 0.3) is 0 Å². The second-order valence-corrected chi connectivity index (χ2v) is 5.81. The van der Waals surface area contributed by atoms with Crippen molar-refractivity contribution in [1.82, 2.24) is 10.2 Å². The third kappa shape index (κ3) is 2.86. The lowest BCUT2D eigenvalue weighted by atomic mass is 10.1. The Bertz CT molecular complexity index is 603. The highest BCUT2D eigenvalue weighted by Gasteiger charge is 2.24. The normalized spacial score (nSPS) is 18.1. The van der Waals surface area contributed by atoms with Crippen LogP contribution in [0.1, 0.15) is 12.0 Å². The average Bonchev–Trinajstić information content (AvgIpc) is 3.10. The lowest BCUT2D eigenvalue weighted by Gasteiger charge is -2.05. The van der Waals surface area contributed by atoms with Crippen LogP contribution in [-0.4, -0.2) is 29.3 Å². The van der Waals surface area contributed by atoms with Gasteiger partial charge in [-0.15, -0.1) is 10.2 Å². The number of carbonyl (C=O) groups is 1. The number of carbonyl (C=O) groups excluding carboxylic acids is 1. The first-order chi connectivity index (χ1) is 9.72. The summed E-state index contributed by atoms with van der Waals surface area (Å²) in [6.45, 7) is 3.19. The SMILES string of the molecule is Cc1ccc(-c2nnc(NC(=O)C3CCOC3)s2)cc1. The van der Waals surface area contributed by atoms with Crippen LogP contribution in [-0.2, 0) is 9.53 Å². The highest BCUT2D eigenvalue weighted by atomic mass is 32.1. The van der Waals surface area contributed by atoms with Gasteiger partial charge in [-0.05, 0) is 13.3 Å². The summed E-state index contributed by atoms with van der Waals surface area (Å²) in [5.74, 6) is -0.101. The molecule has 1 aromatic heterocycles. The zero-order chi connectivity index (χ0) is 13.9. The predicted molar refractivity (Wildman–Crippen MR) is 77.6 cm³/mol. The molecule has 1 unspecified atom stereocenters. The minimum absolute atomic E-state index is 0.0332. The number of anilines is 1. The van der Waals surface area contributed by atoms with Gasteiger partial charge in [0, 0.05) is 12.2 Å². The largest absolute Gasteiger partial charge is 0.381 e. The van der Waals surface area contributed by atoms with Crippen molar-refractivity contribution in [1.29, 1.82) is 0 Å². The summed E-state index contributed by atoms with van der Waals surface area (Å²) in [5, 5.41) is 12.3. The number of ether oxygens (including phenoxy) is 1. The molecule has 1 fully saturated rings. The van der Waals surface area contributed by atoms with Crippen LogP contribution in [0.5, 0.6) is 0 Å². The van der Waals surface area contributed by atoms with Crippen LogP contribution >= 0.6 is 11.3 Å². The van der Waals surface area contributed by atoms with Gasteiger partial charge in [-0.3, -0.25) is 4.79 Å². The van der Waals surface area contributed by atoms with Gasteiger partial charge in [-0.25, -0.2) is 0 Å². The van der Waals surface area contributed by atoms with Gasteiger partial charge in [0.05, 0.1) is 12.5 Å². The van der Waals surface area contributed by atoms with E-state index in [1.165, 1.54) is 16.9 Å². The Balaban J connectivity index is 1.70. The first-order valence-corrected chi connectivity index (χ1v) is 7.33. The van der Waals surface area contributed by atoms with Crippen LogP contribution in [0.25, 0.3) is 10.6 Å². The molecule has 2 heterocycles. The molecule has 0 radical (unpaired) electrons. The fraction of sp³-hybridized carbons (Fsp3) is 0.357. The number of aromatic nitrogens is 2. The summed E-state index contributed by atoms with van der Waals surface area (Å²) in [4.78, 5) is 12.0. The Kier molecular flexibility index (Phi) is 3.75. The minimum Gasteiger partial charge on any atom is -0.381 e. The van der Waals surface area contributed by atoms with E-state index in [1.807, 2.05) is 31.2 Å². The van der Waals surface area contributed by atoms with Gasteiger partial charge in [0.1, 0.15) is 5.01 Å². The van der Waals surface area contributed by atoms with Crippen molar-refractivity contribution in [3.63, 3.8) is 0 Å². The summed E-state index contributed by atoms with van der Waals surface area (Å²) >= 11 is 1.38. The van der Waals surface area contributed by atoms with Gasteiger partial charge >= 0.3 is 0 Å². The fourth-order valence-electron chi connectivity index (χ4n) is 2.04. The lowest BCUT2D eigenvalue weighted by molar-refractivity contribution is -0.119. The highest BCUT2D eigenvalue weighted by Crippen LogP contribution is 2.27. The molecule has 0 bridgehead atoms. The van der Waals surface area contributed by atoms with E-state index in [0.29, 0.717) is 18.3 Å². The molecule has 5 nitrogen and oxygen atoms in total. The van der Waals surface area contributed by atoms with E-state index in [2.05, 4.69) is 15.5 Å². The molecule has 2 aromatic rings. The molecular weight excluding hydrogens is 274 g/mol. The Morgan fingerprint density at radius 1 is 1.35 bits per heavy atom. The predicted octanol–water partition coefficient (Wildman–Crippen LogP) is 2.49. The number of hydrogen-bond acceptors (Lipinski definition) is 5. The number of rotatable bonds is 3. The molecular formula is C14H15N3O2S. The van der Waals surface area contributed by atoms with E-state index in [4.69, 9.17) is 4.74 Å². The van der Waals surface area contributed by atoms with E-state index in [9.17, 15) is 4.79 Å². The average molecular weight is 289 g/mol. The fourth-order valence-corrected chi connectivity index (χ4v) is 2.79. The van der Waals surface area contributed by atoms with Gasteiger partial charge < -0.3 is 10.1 Å². The van der Waals surface area contributed by atoms with Crippen molar-refractivity contribution in [3.8, 4) is 10.6 Å². The number of amides is 1. The molecule has 1 amide bonds. The number of nitrogens with zero attached hydrogens (tertiary/aromatic N) is 2. The van der Waals surface area contributed by atoms with Gasteiger partial charge in [0.2, 0.25) is 11.0 Å². The first-order valence-electron chi connectivity index (χ1n) is 6.51. The van der Waals surface area contributed by atoms with Crippen LogP contribution < -0.4 is 5.32 Å². The summed E-state index contributed by atoms with van der Waals surface area (Å²) in [6, 6.07) is 8.08. The summed E-state index contributed by atoms with van der Waals surface area (Å²) in [6.07, 6.45) is 0.773. The molecule has 0 spiro atoms. The second-order valence-electron chi connectivity index (χ2n) is 4.83. The molecule has 1 atom stereocenters. The van der Waals surface area contributed by atoms with Crippen LogP contribution in [0.2, 0.25) is 0 Å². The standard InChI is InChI=1S/C14H15N3O2S/c1-9-2-4-10(5-3-9)13-16-17-14(20-13)15-12(18)11-6-7-19-8-11/h2-5,11H,6-8H2,1H3,(H,15,17,18). The number of aryl methyl sites for hydroxylation is 1. The van der Waals surface area contributed by atoms with Crippen LogP contribution in [0.3, 0.4) is 0 Å². The Morgan fingerprint density at radius 2 is 2.15 bits per heavy atom. The van der Waals surface area contributed by atoms with E-state index in [0.717, 1.165) is 17.0 Å². The van der Waals surface area contributed by atoms with E-state index >= 15 is 0 Å². The molecule has 104 valence electrons. The quantitative estimate of drug-likeness (QED) is 0.943. The number of benzene rings is 1. The van der Waals surface area contributed by atoms with Crippen molar-refractivity contribution in [3.05, 3.63) is 29.8 Å². The maximum absolute atomic E-state index is 12.0. The molecule has 20 heavy (non-hydrogen) atoms. The van der Waals surface area contributed by atoms with Crippen LogP contribution in [0.15, 0.2) is 24.3 Å². The van der Waals surface area contributed by atoms with Crippen molar-refractivity contribution >= 4 is 22.4 Å². The van der Waals surface area contributed by atoms with Gasteiger partial charge in [-0.1, -0.05) is 41.2 Å². The van der Waals surface area contributed by atoms with Crippen molar-refractivity contribution in [2.24, 2.45) is 5.92 Å². The van der Waals surface area contributed by atoms with Gasteiger partial charge in [-0.2, -0.15) is 0 Å². The third-order valence-corrected chi connectivity index (χ3v) is 4.14. The summed E-state index contributed by atoms with van der Waals surface area (Å²) in [7, 11) is 0. The molecule has 1 aliphatic rings. The summed E-state index contributed by atoms with van der Waals surface area (Å²) < 4.78 is 5.21. The lowest BCUT2D eigenvalue weighted by Crippen LogP contribution is -2.22. The van der Waals surface area contributed by atoms with Crippen molar-refractivity contribution in [2.45, 2.75) is 13.3 Å². The van der Waals surface area contributed by atoms with E-state index in [-0.39, 0.29) is 11.8 Å². The van der Waals surface area contributed by atoms with Crippen molar-refractivity contribution in [2.75, 3.05) is 18.5 Å². The van der Waals surface area contributed by atoms with E-state index in [1.54, 1.807) is 0 Å². The maximum Gasteiger partial charge on any atom is 0.231 e. The molecule has 1 saturated heterocycles. The van der Waals surface area contributed by atoms with Gasteiger partial charge in [0.15, 0.2) is 0 Å². The molecule has 6 heteroatoms. The molecule has 1 N–H and O–H groups in total. The first kappa shape index (κ1) is 13.2. The third-order valence-electron chi connectivity index (χ3n) is 3.25. The molecule has 1 aromatic carbocycles. The van der Waals surface area contributed by atoms with Crippen molar-refractivity contribution < 1.29 is 9.53 Å². The highest BCUT2D eigenvalue weighted by molar-refractivity contribution is 7.18. The number of hydrogen-bond donors (Lipinski definition) is 1. The Morgan fingerprint density at radius 3 is 2.85 bits per heavy atom. The second kappa shape index (κ2) is 5.68. The summed E-state index contributed by atoms with van der Waals surface area (Å²) in [5.41, 5.74) is 2.21. The van der Waals surface area contributed by atoms with E-state index < -0.39 is 0 Å². The zero-order valence-corrected chi connectivity index (χ0v) is 11.9. The van der Waals surface area contributed by atoms with Crippen LogP contribution in [0.4, 0.5) is 5.13 Å². The number of nitrogens with one attached hydrogen (secondary N) is 1. The maximum atomic E-state index is 12.0. The molecule has 0 aliphatic carbocycles. The smallest absolute Gasteiger partial charge is 0.231 e.